The summed E-state index contributed by atoms with van der Waals surface area (Å²) in [6, 6.07) is 5.76. The van der Waals surface area contributed by atoms with E-state index in [1.807, 2.05) is 25.1 Å². The van der Waals surface area contributed by atoms with Crippen LogP contribution in [0.2, 0.25) is 0 Å². The van der Waals surface area contributed by atoms with Crippen LogP contribution >= 0.6 is 39.9 Å². The van der Waals surface area contributed by atoms with Crippen molar-refractivity contribution in [1.29, 1.82) is 0 Å². The average Bonchev–Trinajstić information content (AvgIpc) is 3.00. The van der Waals surface area contributed by atoms with Crippen molar-refractivity contribution < 1.29 is 9.59 Å². The van der Waals surface area contributed by atoms with E-state index in [0.29, 0.717) is 27.9 Å². The summed E-state index contributed by atoms with van der Waals surface area (Å²) >= 11 is 10.1. The summed E-state index contributed by atoms with van der Waals surface area (Å²) in [5.41, 5.74) is 2.16. The van der Waals surface area contributed by atoms with E-state index in [4.69, 9.17) is 12.2 Å². The second-order valence-electron chi connectivity index (χ2n) is 6.00. The van der Waals surface area contributed by atoms with Gasteiger partial charge in [0, 0.05) is 23.1 Å². The van der Waals surface area contributed by atoms with Gasteiger partial charge in [0.1, 0.15) is 4.32 Å². The van der Waals surface area contributed by atoms with Crippen molar-refractivity contribution in [2.24, 2.45) is 0 Å². The molecule has 1 aromatic rings. The van der Waals surface area contributed by atoms with Crippen LogP contribution in [-0.4, -0.2) is 34.1 Å². The molecule has 132 valence electrons. The largest absolute Gasteiger partial charge is 0.308 e. The van der Waals surface area contributed by atoms with Crippen LogP contribution in [0.25, 0.3) is 5.57 Å². The van der Waals surface area contributed by atoms with Gasteiger partial charge in [0.2, 0.25) is 0 Å². The topological polar surface area (TPSA) is 40.6 Å². The quantitative estimate of drug-likeness (QED) is 0.498. The number of benzene rings is 1. The number of thioether (sulfide) groups is 1. The highest BCUT2D eigenvalue weighted by Gasteiger charge is 2.41. The number of anilines is 1. The molecule has 0 bridgehead atoms. The highest BCUT2D eigenvalue weighted by molar-refractivity contribution is 9.10. The maximum atomic E-state index is 13.0. The zero-order valence-electron chi connectivity index (χ0n) is 14.2. The Balaban J connectivity index is 2.09. The third-order valence-corrected chi connectivity index (χ3v) is 6.18. The molecule has 0 radical (unpaired) electrons. The molecule has 3 rings (SSSR count). The molecule has 7 heteroatoms. The van der Waals surface area contributed by atoms with E-state index in [2.05, 4.69) is 22.9 Å². The maximum absolute atomic E-state index is 13.0. The molecule has 2 heterocycles. The molecule has 0 unspecified atom stereocenters. The van der Waals surface area contributed by atoms with Crippen molar-refractivity contribution in [2.45, 2.75) is 33.1 Å². The van der Waals surface area contributed by atoms with Crippen LogP contribution < -0.4 is 4.90 Å². The number of hydrogen-bond donors (Lipinski definition) is 0. The number of unbranched alkanes of at least 4 members (excludes halogenated alkanes) is 1. The number of carbonyl (C=O) groups is 2. The summed E-state index contributed by atoms with van der Waals surface area (Å²) in [6.45, 7) is 5.35. The predicted molar refractivity (Wildman–Crippen MR) is 111 cm³/mol. The maximum Gasteiger partial charge on any atom is 0.267 e. The van der Waals surface area contributed by atoms with Crippen molar-refractivity contribution in [2.75, 3.05) is 18.0 Å². The lowest BCUT2D eigenvalue weighted by Gasteiger charge is -2.15. The van der Waals surface area contributed by atoms with Crippen molar-refractivity contribution in [1.82, 2.24) is 4.90 Å². The SMILES string of the molecule is CCCCN1C(=O)/C(=C2/C(=O)N(CCC)c3ccc(Br)cc32)SC1=S. The van der Waals surface area contributed by atoms with Gasteiger partial charge in [0.25, 0.3) is 11.8 Å². The van der Waals surface area contributed by atoms with Gasteiger partial charge in [-0.25, -0.2) is 0 Å². The normalized spacial score (nSPS) is 20.0. The Morgan fingerprint density at radius 1 is 1.08 bits per heavy atom. The minimum absolute atomic E-state index is 0.106. The fourth-order valence-electron chi connectivity index (χ4n) is 3.03. The molecular formula is C18H19BrN2O2S2. The lowest BCUT2D eigenvalue weighted by molar-refractivity contribution is -0.122. The molecule has 0 aliphatic carbocycles. The number of halogens is 1. The van der Waals surface area contributed by atoms with Crippen LogP contribution in [0.3, 0.4) is 0 Å². The summed E-state index contributed by atoms with van der Waals surface area (Å²) in [5, 5.41) is 0. The molecule has 2 amide bonds. The van der Waals surface area contributed by atoms with Crippen molar-refractivity contribution in [3.8, 4) is 0 Å². The van der Waals surface area contributed by atoms with Crippen molar-refractivity contribution in [3.05, 3.63) is 33.1 Å². The van der Waals surface area contributed by atoms with Gasteiger partial charge in [0.05, 0.1) is 16.2 Å². The molecule has 1 saturated heterocycles. The highest BCUT2D eigenvalue weighted by Crippen LogP contribution is 2.45. The van der Waals surface area contributed by atoms with Crippen LogP contribution in [0.1, 0.15) is 38.7 Å². The molecule has 0 atom stereocenters. The summed E-state index contributed by atoms with van der Waals surface area (Å²) in [5.74, 6) is -0.248. The molecule has 2 aliphatic heterocycles. The monoisotopic (exact) mass is 438 g/mol. The summed E-state index contributed by atoms with van der Waals surface area (Å²) in [7, 11) is 0. The van der Waals surface area contributed by atoms with E-state index >= 15 is 0 Å². The van der Waals surface area contributed by atoms with Gasteiger partial charge >= 0.3 is 0 Å². The van der Waals surface area contributed by atoms with E-state index in [9.17, 15) is 9.59 Å². The van der Waals surface area contributed by atoms with Crippen LogP contribution in [0.4, 0.5) is 5.69 Å². The Kier molecular flexibility index (Phi) is 5.65. The number of thiocarbonyl (C=S) groups is 1. The first-order valence-corrected chi connectivity index (χ1v) is 10.4. The van der Waals surface area contributed by atoms with E-state index < -0.39 is 0 Å². The van der Waals surface area contributed by atoms with Gasteiger partial charge in [0.15, 0.2) is 0 Å². The average molecular weight is 439 g/mol. The Hall–Kier alpha value is -1.18. The summed E-state index contributed by atoms with van der Waals surface area (Å²) < 4.78 is 1.43. The third-order valence-electron chi connectivity index (χ3n) is 4.24. The Bertz CT molecular complexity index is 791. The standard InChI is InChI=1S/C18H19BrN2O2S2/c1-3-5-9-21-17(23)15(25-18(21)24)14-12-10-11(19)6-7-13(12)20(8-4-2)16(14)22/h6-7,10H,3-5,8-9H2,1-2H3/b15-14-. The zero-order valence-corrected chi connectivity index (χ0v) is 17.4. The lowest BCUT2D eigenvalue weighted by Crippen LogP contribution is -2.30. The van der Waals surface area contributed by atoms with E-state index in [1.54, 1.807) is 9.80 Å². The van der Waals surface area contributed by atoms with Crippen LogP contribution in [0.15, 0.2) is 27.6 Å². The molecule has 2 aliphatic rings. The van der Waals surface area contributed by atoms with E-state index in [-0.39, 0.29) is 11.8 Å². The van der Waals surface area contributed by atoms with Crippen LogP contribution in [-0.2, 0) is 9.59 Å². The molecule has 0 aromatic heterocycles. The van der Waals surface area contributed by atoms with Crippen LogP contribution in [0, 0.1) is 0 Å². The first-order chi connectivity index (χ1) is 12.0. The molecule has 0 spiro atoms. The Morgan fingerprint density at radius 2 is 1.84 bits per heavy atom. The molecule has 0 N–H and O–H groups in total. The zero-order chi connectivity index (χ0) is 18.1. The van der Waals surface area contributed by atoms with Gasteiger partial charge in [-0.2, -0.15) is 0 Å². The minimum atomic E-state index is -0.143. The van der Waals surface area contributed by atoms with Gasteiger partial charge in [-0.15, -0.1) is 0 Å². The Labute approximate surface area is 165 Å². The first kappa shape index (κ1) is 18.6. The number of rotatable bonds is 5. The number of nitrogens with zero attached hydrogens (tertiary/aromatic N) is 2. The van der Waals surface area contributed by atoms with E-state index in [0.717, 1.165) is 35.0 Å². The fraction of sp³-hybridized carbons (Fsp3) is 0.389. The summed E-state index contributed by atoms with van der Waals surface area (Å²) in [4.78, 5) is 29.8. The third kappa shape index (κ3) is 3.29. The minimum Gasteiger partial charge on any atom is -0.308 e. The van der Waals surface area contributed by atoms with Gasteiger partial charge < -0.3 is 4.90 Å². The first-order valence-electron chi connectivity index (χ1n) is 8.39. The number of carbonyl (C=O) groups excluding carboxylic acids is 2. The lowest BCUT2D eigenvalue weighted by atomic mass is 10.1. The number of hydrogen-bond acceptors (Lipinski definition) is 4. The second-order valence-corrected chi connectivity index (χ2v) is 8.56. The molecule has 1 fully saturated rings. The summed E-state index contributed by atoms with van der Waals surface area (Å²) in [6.07, 6.45) is 2.74. The number of fused-ring (bicyclic) bond motifs is 1. The van der Waals surface area contributed by atoms with Crippen molar-refractivity contribution in [3.63, 3.8) is 0 Å². The fourth-order valence-corrected chi connectivity index (χ4v) is 4.77. The van der Waals surface area contributed by atoms with Crippen LogP contribution in [0.5, 0.6) is 0 Å². The van der Waals surface area contributed by atoms with Gasteiger partial charge in [-0.05, 0) is 31.0 Å². The molecule has 25 heavy (non-hydrogen) atoms. The van der Waals surface area contributed by atoms with Crippen molar-refractivity contribution >= 4 is 67.3 Å². The molecule has 4 nitrogen and oxygen atoms in total. The van der Waals surface area contributed by atoms with Gasteiger partial charge in [-0.1, -0.05) is 60.2 Å². The molecule has 1 aromatic carbocycles. The highest BCUT2D eigenvalue weighted by atomic mass is 79.9. The second kappa shape index (κ2) is 7.60. The molecule has 0 saturated carbocycles. The number of amides is 2. The smallest absolute Gasteiger partial charge is 0.267 e. The van der Waals surface area contributed by atoms with E-state index in [1.165, 1.54) is 11.8 Å². The predicted octanol–water partition coefficient (Wildman–Crippen LogP) is 4.58. The Morgan fingerprint density at radius 3 is 2.52 bits per heavy atom. The van der Waals surface area contributed by atoms with Gasteiger partial charge in [-0.3, -0.25) is 14.5 Å². The molecular weight excluding hydrogens is 420 g/mol.